The second-order valence-corrected chi connectivity index (χ2v) is 5.92. The lowest BCUT2D eigenvalue weighted by atomic mass is 9.96. The van der Waals surface area contributed by atoms with E-state index in [1.807, 2.05) is 18.5 Å². The van der Waals surface area contributed by atoms with Gasteiger partial charge in [0.25, 0.3) is 0 Å². The molecule has 1 aromatic carbocycles. The Morgan fingerprint density at radius 3 is 2.68 bits per heavy atom. The van der Waals surface area contributed by atoms with Crippen LogP contribution in [0.2, 0.25) is 0 Å². The lowest BCUT2D eigenvalue weighted by Gasteiger charge is -2.31. The minimum absolute atomic E-state index is 0.305. The average Bonchev–Trinajstić information content (AvgIpc) is 2.86. The summed E-state index contributed by atoms with van der Waals surface area (Å²) in [6.45, 7) is 6.58. The van der Waals surface area contributed by atoms with Gasteiger partial charge in [-0.3, -0.25) is 9.88 Å². The molecule has 1 aliphatic heterocycles. The van der Waals surface area contributed by atoms with Crippen LogP contribution in [0.3, 0.4) is 0 Å². The Morgan fingerprint density at radius 2 is 1.95 bits per heavy atom. The van der Waals surface area contributed by atoms with E-state index in [9.17, 15) is 0 Å². The normalized spacial score (nSPS) is 17.9. The van der Waals surface area contributed by atoms with Gasteiger partial charge in [0.2, 0.25) is 0 Å². The summed E-state index contributed by atoms with van der Waals surface area (Å²) in [4.78, 5) is 6.92. The van der Waals surface area contributed by atoms with E-state index in [1.165, 1.54) is 23.1 Å². The Balaban J connectivity index is 1.94. The molecule has 0 radical (unpaired) electrons. The second-order valence-electron chi connectivity index (χ2n) is 5.92. The van der Waals surface area contributed by atoms with Crippen molar-refractivity contribution in [1.29, 1.82) is 0 Å². The molecular formula is C19H25N3. The van der Waals surface area contributed by atoms with E-state index in [0.29, 0.717) is 6.04 Å². The van der Waals surface area contributed by atoms with Crippen LogP contribution in [0.25, 0.3) is 0 Å². The average molecular weight is 295 g/mol. The van der Waals surface area contributed by atoms with E-state index in [4.69, 9.17) is 0 Å². The summed E-state index contributed by atoms with van der Waals surface area (Å²) in [5.74, 6) is 0. The topological polar surface area (TPSA) is 28.2 Å². The highest BCUT2D eigenvalue weighted by Gasteiger charge is 2.23. The summed E-state index contributed by atoms with van der Waals surface area (Å²) in [7, 11) is 0. The van der Waals surface area contributed by atoms with Crippen LogP contribution >= 0.6 is 0 Å². The highest BCUT2D eigenvalue weighted by molar-refractivity contribution is 5.32. The largest absolute Gasteiger partial charge is 0.315 e. The number of nitrogens with one attached hydrogen (secondary N) is 1. The highest BCUT2D eigenvalue weighted by atomic mass is 15.2. The summed E-state index contributed by atoms with van der Waals surface area (Å²) in [5.41, 5.74) is 4.05. The summed E-state index contributed by atoms with van der Waals surface area (Å²) < 4.78 is 0. The molecule has 1 atom stereocenters. The monoisotopic (exact) mass is 295 g/mol. The first-order chi connectivity index (χ1) is 10.9. The maximum Gasteiger partial charge on any atom is 0.0617 e. The third-order valence-electron chi connectivity index (χ3n) is 4.44. The number of hydrogen-bond acceptors (Lipinski definition) is 3. The molecule has 1 unspecified atom stereocenters. The van der Waals surface area contributed by atoms with E-state index >= 15 is 0 Å². The fourth-order valence-corrected chi connectivity index (χ4v) is 3.21. The van der Waals surface area contributed by atoms with Gasteiger partial charge in [-0.15, -0.1) is 0 Å². The number of hydrogen-bond donors (Lipinski definition) is 1. The number of aromatic nitrogens is 1. The SMILES string of the molecule is CCc1ccc(C(c2cccnc2)N2CCCNCC2)cc1. The van der Waals surface area contributed by atoms with E-state index < -0.39 is 0 Å². The lowest BCUT2D eigenvalue weighted by molar-refractivity contribution is 0.240. The van der Waals surface area contributed by atoms with Crippen molar-refractivity contribution in [2.45, 2.75) is 25.8 Å². The molecule has 3 rings (SSSR count). The number of aryl methyl sites for hydroxylation is 1. The molecule has 116 valence electrons. The first-order valence-corrected chi connectivity index (χ1v) is 8.32. The van der Waals surface area contributed by atoms with Crippen molar-refractivity contribution in [3.63, 3.8) is 0 Å². The summed E-state index contributed by atoms with van der Waals surface area (Å²) in [6.07, 6.45) is 6.15. The lowest BCUT2D eigenvalue weighted by Crippen LogP contribution is -2.33. The quantitative estimate of drug-likeness (QED) is 0.940. The van der Waals surface area contributed by atoms with Crippen molar-refractivity contribution in [2.24, 2.45) is 0 Å². The minimum atomic E-state index is 0.305. The molecule has 0 aliphatic carbocycles. The third-order valence-corrected chi connectivity index (χ3v) is 4.44. The zero-order chi connectivity index (χ0) is 15.2. The zero-order valence-electron chi connectivity index (χ0n) is 13.3. The van der Waals surface area contributed by atoms with Gasteiger partial charge in [0.1, 0.15) is 0 Å². The van der Waals surface area contributed by atoms with Crippen LogP contribution in [0, 0.1) is 0 Å². The Kier molecular flexibility index (Phi) is 5.20. The van der Waals surface area contributed by atoms with Gasteiger partial charge in [0.15, 0.2) is 0 Å². The van der Waals surface area contributed by atoms with Crippen LogP contribution in [0.5, 0.6) is 0 Å². The molecule has 2 heterocycles. The Labute approximate surface area is 133 Å². The maximum absolute atomic E-state index is 4.34. The Hall–Kier alpha value is -1.71. The van der Waals surface area contributed by atoms with Crippen LogP contribution in [-0.2, 0) is 6.42 Å². The molecule has 2 aromatic rings. The van der Waals surface area contributed by atoms with Crippen LogP contribution in [0.1, 0.15) is 36.1 Å². The molecule has 0 saturated carbocycles. The van der Waals surface area contributed by atoms with Gasteiger partial charge in [0.05, 0.1) is 6.04 Å². The zero-order valence-corrected chi connectivity index (χ0v) is 13.3. The predicted molar refractivity (Wildman–Crippen MR) is 91.0 cm³/mol. The van der Waals surface area contributed by atoms with E-state index in [2.05, 4.69) is 52.5 Å². The molecule has 3 nitrogen and oxygen atoms in total. The van der Waals surface area contributed by atoms with Crippen LogP contribution in [0.15, 0.2) is 48.8 Å². The van der Waals surface area contributed by atoms with Gasteiger partial charge in [-0.05, 0) is 42.1 Å². The number of benzene rings is 1. The Bertz CT molecular complexity index is 557. The molecule has 1 N–H and O–H groups in total. The first-order valence-electron chi connectivity index (χ1n) is 8.32. The van der Waals surface area contributed by atoms with Crippen molar-refractivity contribution < 1.29 is 0 Å². The van der Waals surface area contributed by atoms with E-state index in [-0.39, 0.29) is 0 Å². The highest BCUT2D eigenvalue weighted by Crippen LogP contribution is 2.28. The standard InChI is InChI=1S/C19H25N3/c1-2-16-6-8-17(9-7-16)19(18-5-3-10-21-15-18)22-13-4-11-20-12-14-22/h3,5-10,15,19-20H,2,4,11-14H2,1H3. The third kappa shape index (κ3) is 3.54. The van der Waals surface area contributed by atoms with Crippen LogP contribution < -0.4 is 5.32 Å². The van der Waals surface area contributed by atoms with E-state index in [1.54, 1.807) is 0 Å². The van der Waals surface area contributed by atoms with Gasteiger partial charge in [-0.2, -0.15) is 0 Å². The fraction of sp³-hybridized carbons (Fsp3) is 0.421. The van der Waals surface area contributed by atoms with Crippen molar-refractivity contribution in [1.82, 2.24) is 15.2 Å². The Morgan fingerprint density at radius 1 is 1.09 bits per heavy atom. The molecule has 1 saturated heterocycles. The van der Waals surface area contributed by atoms with Crippen molar-refractivity contribution in [3.05, 3.63) is 65.5 Å². The molecule has 1 aromatic heterocycles. The summed E-state index contributed by atoms with van der Waals surface area (Å²) in [6, 6.07) is 13.6. The number of pyridine rings is 1. The van der Waals surface area contributed by atoms with Gasteiger partial charge in [-0.25, -0.2) is 0 Å². The molecule has 0 amide bonds. The first kappa shape index (κ1) is 15.2. The van der Waals surface area contributed by atoms with Crippen LogP contribution in [0.4, 0.5) is 0 Å². The molecule has 0 spiro atoms. The minimum Gasteiger partial charge on any atom is -0.315 e. The smallest absolute Gasteiger partial charge is 0.0617 e. The van der Waals surface area contributed by atoms with Gasteiger partial charge in [-0.1, -0.05) is 37.3 Å². The van der Waals surface area contributed by atoms with Crippen LogP contribution in [-0.4, -0.2) is 36.1 Å². The molecule has 0 bridgehead atoms. The number of nitrogens with zero attached hydrogens (tertiary/aromatic N) is 2. The summed E-state index contributed by atoms with van der Waals surface area (Å²) in [5, 5.41) is 3.50. The van der Waals surface area contributed by atoms with Crippen molar-refractivity contribution in [2.75, 3.05) is 26.2 Å². The van der Waals surface area contributed by atoms with Crippen molar-refractivity contribution >= 4 is 0 Å². The summed E-state index contributed by atoms with van der Waals surface area (Å²) >= 11 is 0. The number of rotatable bonds is 4. The van der Waals surface area contributed by atoms with Gasteiger partial charge < -0.3 is 5.32 Å². The van der Waals surface area contributed by atoms with E-state index in [0.717, 1.165) is 32.6 Å². The van der Waals surface area contributed by atoms with Gasteiger partial charge in [0, 0.05) is 32.0 Å². The molecule has 3 heteroatoms. The van der Waals surface area contributed by atoms with Gasteiger partial charge >= 0.3 is 0 Å². The fourth-order valence-electron chi connectivity index (χ4n) is 3.21. The predicted octanol–water partition coefficient (Wildman–Crippen LogP) is 3.03. The molecular weight excluding hydrogens is 270 g/mol. The second kappa shape index (κ2) is 7.52. The maximum atomic E-state index is 4.34. The molecule has 22 heavy (non-hydrogen) atoms. The van der Waals surface area contributed by atoms with Crippen molar-refractivity contribution in [3.8, 4) is 0 Å². The molecule has 1 aliphatic rings. The molecule has 1 fully saturated rings.